The van der Waals surface area contributed by atoms with Crippen molar-refractivity contribution in [1.29, 1.82) is 0 Å². The summed E-state index contributed by atoms with van der Waals surface area (Å²) in [4.78, 5) is 12.0. The Hall–Kier alpha value is -2.24. The molecule has 0 aliphatic carbocycles. The highest BCUT2D eigenvalue weighted by atomic mass is 35.5. The molecule has 5 nitrogen and oxygen atoms in total. The van der Waals surface area contributed by atoms with Gasteiger partial charge in [-0.15, -0.1) is 0 Å². The molecule has 0 heterocycles. The zero-order valence-electron chi connectivity index (χ0n) is 15.0. The van der Waals surface area contributed by atoms with E-state index in [9.17, 15) is 9.90 Å². The van der Waals surface area contributed by atoms with E-state index in [1.165, 1.54) is 7.11 Å². The third kappa shape index (κ3) is 5.93. The van der Waals surface area contributed by atoms with Crippen molar-refractivity contribution in [3.05, 3.63) is 58.6 Å². The first-order valence-corrected chi connectivity index (χ1v) is 8.82. The summed E-state index contributed by atoms with van der Waals surface area (Å²) < 4.78 is 10.4. The molecule has 0 radical (unpaired) electrons. The van der Waals surface area contributed by atoms with Gasteiger partial charge in [-0.05, 0) is 48.7 Å². The van der Waals surface area contributed by atoms with Gasteiger partial charge in [0.25, 0.3) is 0 Å². The molecule has 2 N–H and O–H groups in total. The van der Waals surface area contributed by atoms with Crippen molar-refractivity contribution in [1.82, 2.24) is 5.32 Å². The van der Waals surface area contributed by atoms with Crippen LogP contribution in [0.2, 0.25) is 5.02 Å². The third-order valence-corrected chi connectivity index (χ3v) is 4.32. The van der Waals surface area contributed by atoms with Crippen LogP contribution in [0.3, 0.4) is 0 Å². The number of halogens is 1. The number of hydrogen-bond acceptors (Lipinski definition) is 4. The maximum atomic E-state index is 12.0. The minimum Gasteiger partial charge on any atom is -0.497 e. The highest BCUT2D eigenvalue weighted by molar-refractivity contribution is 6.30. The number of amides is 1. The Morgan fingerprint density at radius 3 is 2.54 bits per heavy atom. The molecule has 6 heteroatoms. The predicted molar refractivity (Wildman–Crippen MR) is 102 cm³/mol. The second-order valence-electron chi connectivity index (χ2n) is 5.91. The van der Waals surface area contributed by atoms with Gasteiger partial charge in [0.05, 0.1) is 20.3 Å². The quantitative estimate of drug-likeness (QED) is 0.701. The lowest BCUT2D eigenvalue weighted by molar-refractivity contribution is -0.121. The number of nitrogens with one attached hydrogen (secondary N) is 1. The van der Waals surface area contributed by atoms with Gasteiger partial charge in [0.2, 0.25) is 5.91 Å². The number of methoxy groups -OCH3 is 2. The summed E-state index contributed by atoms with van der Waals surface area (Å²) >= 11 is 5.85. The van der Waals surface area contributed by atoms with Gasteiger partial charge in [-0.2, -0.15) is 0 Å². The molecule has 0 aromatic heterocycles. The first kappa shape index (κ1) is 20.1. The van der Waals surface area contributed by atoms with Gasteiger partial charge in [-0.25, -0.2) is 0 Å². The molecular formula is C20H24ClNO4. The van der Waals surface area contributed by atoms with Gasteiger partial charge in [-0.1, -0.05) is 23.7 Å². The topological polar surface area (TPSA) is 67.8 Å². The molecule has 0 bridgehead atoms. The summed E-state index contributed by atoms with van der Waals surface area (Å²) in [5.41, 5.74) is 1.72. The van der Waals surface area contributed by atoms with Crippen molar-refractivity contribution in [2.45, 2.75) is 25.4 Å². The molecule has 0 fully saturated rings. The lowest BCUT2D eigenvalue weighted by Crippen LogP contribution is -2.28. The number of rotatable bonds is 9. The van der Waals surface area contributed by atoms with Crippen LogP contribution in [0, 0.1) is 0 Å². The van der Waals surface area contributed by atoms with Gasteiger partial charge in [0.1, 0.15) is 11.5 Å². The molecule has 2 aromatic carbocycles. The van der Waals surface area contributed by atoms with Gasteiger partial charge < -0.3 is 19.9 Å². The molecule has 1 amide bonds. The minimum absolute atomic E-state index is 0.0973. The second-order valence-corrected chi connectivity index (χ2v) is 6.34. The Morgan fingerprint density at radius 1 is 1.15 bits per heavy atom. The number of carbonyl (C=O) groups excluding carboxylic acids is 1. The maximum Gasteiger partial charge on any atom is 0.220 e. The summed E-state index contributed by atoms with van der Waals surface area (Å²) in [6.45, 7) is 0.114. The van der Waals surface area contributed by atoms with E-state index in [0.29, 0.717) is 28.5 Å². The fourth-order valence-electron chi connectivity index (χ4n) is 2.61. The molecule has 0 aliphatic heterocycles. The fourth-order valence-corrected chi connectivity index (χ4v) is 2.74. The lowest BCUT2D eigenvalue weighted by atomic mass is 10.1. The van der Waals surface area contributed by atoms with Crippen LogP contribution in [0.25, 0.3) is 0 Å². The van der Waals surface area contributed by atoms with E-state index in [1.54, 1.807) is 25.3 Å². The Morgan fingerprint density at radius 2 is 1.88 bits per heavy atom. The molecule has 0 saturated heterocycles. The van der Waals surface area contributed by atoms with Gasteiger partial charge >= 0.3 is 0 Å². The summed E-state index contributed by atoms with van der Waals surface area (Å²) in [6, 6.07) is 12.8. The van der Waals surface area contributed by atoms with Crippen LogP contribution in [-0.2, 0) is 11.2 Å². The molecule has 0 aliphatic rings. The van der Waals surface area contributed by atoms with Crippen LogP contribution < -0.4 is 14.8 Å². The first-order chi connectivity index (χ1) is 12.5. The van der Waals surface area contributed by atoms with E-state index in [4.69, 9.17) is 21.1 Å². The molecular weight excluding hydrogens is 354 g/mol. The second kappa shape index (κ2) is 10.0. The zero-order valence-corrected chi connectivity index (χ0v) is 15.8. The third-order valence-electron chi connectivity index (χ3n) is 4.07. The largest absolute Gasteiger partial charge is 0.497 e. The van der Waals surface area contributed by atoms with Crippen molar-refractivity contribution in [2.75, 3.05) is 20.8 Å². The monoisotopic (exact) mass is 377 g/mol. The zero-order chi connectivity index (χ0) is 18.9. The van der Waals surface area contributed by atoms with Crippen LogP contribution in [0.1, 0.15) is 30.1 Å². The highest BCUT2D eigenvalue weighted by Crippen LogP contribution is 2.29. The number of benzene rings is 2. The van der Waals surface area contributed by atoms with E-state index in [1.807, 2.05) is 24.3 Å². The first-order valence-electron chi connectivity index (χ1n) is 8.44. The number of carbonyl (C=O) groups is 1. The van der Waals surface area contributed by atoms with Crippen LogP contribution in [0.4, 0.5) is 0 Å². The van der Waals surface area contributed by atoms with Gasteiger partial charge in [0, 0.05) is 23.6 Å². The molecule has 0 saturated carbocycles. The van der Waals surface area contributed by atoms with E-state index in [0.717, 1.165) is 18.4 Å². The highest BCUT2D eigenvalue weighted by Gasteiger charge is 2.15. The van der Waals surface area contributed by atoms with Crippen molar-refractivity contribution >= 4 is 17.5 Å². The number of aliphatic hydroxyl groups is 1. The van der Waals surface area contributed by atoms with Gasteiger partial charge in [0.15, 0.2) is 0 Å². The molecule has 2 rings (SSSR count). The standard InChI is InChI=1S/C20H24ClNO4/c1-25-16-10-11-19(26-2)17(12-16)18(23)13-22-20(24)5-3-4-14-6-8-15(21)9-7-14/h6-12,18,23H,3-5,13H2,1-2H3,(H,22,24). The van der Waals surface area contributed by atoms with Crippen LogP contribution in [-0.4, -0.2) is 31.8 Å². The predicted octanol–water partition coefficient (Wildman–Crippen LogP) is 3.53. The van der Waals surface area contributed by atoms with Crippen molar-refractivity contribution in [3.63, 3.8) is 0 Å². The molecule has 1 unspecified atom stereocenters. The smallest absolute Gasteiger partial charge is 0.220 e. The van der Waals surface area contributed by atoms with E-state index in [-0.39, 0.29) is 12.5 Å². The molecule has 0 spiro atoms. The van der Waals surface area contributed by atoms with Gasteiger partial charge in [-0.3, -0.25) is 4.79 Å². The maximum absolute atomic E-state index is 12.0. The number of ether oxygens (including phenoxy) is 2. The van der Waals surface area contributed by atoms with Crippen LogP contribution in [0.5, 0.6) is 11.5 Å². The molecule has 26 heavy (non-hydrogen) atoms. The number of aryl methyl sites for hydroxylation is 1. The Kier molecular flexibility index (Phi) is 7.75. The van der Waals surface area contributed by atoms with E-state index in [2.05, 4.69) is 5.32 Å². The minimum atomic E-state index is -0.875. The van der Waals surface area contributed by atoms with Crippen molar-refractivity contribution in [2.24, 2.45) is 0 Å². The molecule has 2 aromatic rings. The summed E-state index contributed by atoms with van der Waals surface area (Å²) in [5.74, 6) is 1.07. The normalized spacial score (nSPS) is 11.7. The van der Waals surface area contributed by atoms with Crippen LogP contribution >= 0.6 is 11.6 Å². The van der Waals surface area contributed by atoms with Crippen molar-refractivity contribution < 1.29 is 19.4 Å². The summed E-state index contributed by atoms with van der Waals surface area (Å²) in [5, 5.41) is 13.8. The van der Waals surface area contributed by atoms with E-state index >= 15 is 0 Å². The Bertz CT molecular complexity index is 718. The van der Waals surface area contributed by atoms with Crippen molar-refractivity contribution in [3.8, 4) is 11.5 Å². The Labute approximate surface area is 158 Å². The SMILES string of the molecule is COc1ccc(OC)c(C(O)CNC(=O)CCCc2ccc(Cl)cc2)c1. The Balaban J connectivity index is 1.80. The average Bonchev–Trinajstić information content (AvgIpc) is 2.67. The molecule has 140 valence electrons. The summed E-state index contributed by atoms with van der Waals surface area (Å²) in [7, 11) is 3.09. The van der Waals surface area contributed by atoms with Crippen LogP contribution in [0.15, 0.2) is 42.5 Å². The fraction of sp³-hybridized carbons (Fsp3) is 0.350. The number of aliphatic hydroxyl groups excluding tert-OH is 1. The summed E-state index contributed by atoms with van der Waals surface area (Å²) in [6.07, 6.45) is 1.05. The van der Waals surface area contributed by atoms with E-state index < -0.39 is 6.10 Å². The lowest BCUT2D eigenvalue weighted by Gasteiger charge is -2.16. The number of hydrogen-bond donors (Lipinski definition) is 2. The molecule has 1 atom stereocenters. The average molecular weight is 378 g/mol.